The molecule has 0 saturated carbocycles. The van der Waals surface area contributed by atoms with Crippen molar-refractivity contribution in [3.63, 3.8) is 0 Å². The van der Waals surface area contributed by atoms with Crippen LogP contribution in [0.5, 0.6) is 0 Å². The largest absolute Gasteiger partial charge is 0.384 e. The van der Waals surface area contributed by atoms with Crippen molar-refractivity contribution in [3.8, 4) is 0 Å². The second-order valence-electron chi connectivity index (χ2n) is 4.22. The molecular weight excluding hydrogens is 230 g/mol. The Hall–Kier alpha value is -1.39. The van der Waals surface area contributed by atoms with Gasteiger partial charge in [0.1, 0.15) is 5.01 Å². The number of nitrogens with zero attached hydrogens (tertiary/aromatic N) is 1. The predicted molar refractivity (Wildman–Crippen MR) is 71.5 cm³/mol. The van der Waals surface area contributed by atoms with Gasteiger partial charge in [-0.1, -0.05) is 18.2 Å². The van der Waals surface area contributed by atoms with Gasteiger partial charge in [-0.25, -0.2) is 4.98 Å². The number of thiazole rings is 1. The lowest BCUT2D eigenvalue weighted by Crippen LogP contribution is -2.22. The lowest BCUT2D eigenvalue weighted by atomic mass is 10.0. The van der Waals surface area contributed by atoms with Crippen LogP contribution >= 0.6 is 11.3 Å². The topological polar surface area (TPSA) is 37.0 Å². The molecule has 1 aliphatic heterocycles. The van der Waals surface area contributed by atoms with E-state index in [-0.39, 0.29) is 0 Å². The van der Waals surface area contributed by atoms with Crippen molar-refractivity contribution >= 4 is 17.0 Å². The molecule has 88 valence electrons. The number of anilines is 1. The smallest absolute Gasteiger partial charge is 0.106 e. The van der Waals surface area contributed by atoms with Gasteiger partial charge in [0.15, 0.2) is 0 Å². The van der Waals surface area contributed by atoms with Crippen molar-refractivity contribution in [3.05, 3.63) is 46.4 Å². The standard InChI is InChI=1S/C13H15N3S/c1-2-4-12-11(3-1)10(8-16-12)7-14-9-13-15-5-6-17-13/h1-6,10,14,16H,7-9H2. The van der Waals surface area contributed by atoms with E-state index in [1.807, 2.05) is 11.6 Å². The predicted octanol–water partition coefficient (Wildman–Crippen LogP) is 2.44. The molecule has 1 atom stereocenters. The lowest BCUT2D eigenvalue weighted by molar-refractivity contribution is 0.612. The van der Waals surface area contributed by atoms with Gasteiger partial charge in [0, 0.05) is 42.8 Å². The Morgan fingerprint density at radius 3 is 3.24 bits per heavy atom. The van der Waals surface area contributed by atoms with E-state index in [4.69, 9.17) is 0 Å². The van der Waals surface area contributed by atoms with Crippen LogP contribution in [0.1, 0.15) is 16.5 Å². The highest BCUT2D eigenvalue weighted by Crippen LogP contribution is 2.30. The van der Waals surface area contributed by atoms with Crippen LogP contribution in [0.3, 0.4) is 0 Å². The molecule has 1 unspecified atom stereocenters. The molecule has 3 rings (SSSR count). The van der Waals surface area contributed by atoms with Crippen LogP contribution in [0.2, 0.25) is 0 Å². The van der Waals surface area contributed by atoms with E-state index in [0.29, 0.717) is 5.92 Å². The molecule has 0 saturated heterocycles. The number of hydrogen-bond acceptors (Lipinski definition) is 4. The first-order chi connectivity index (χ1) is 8.43. The first-order valence-electron chi connectivity index (χ1n) is 5.85. The zero-order valence-electron chi connectivity index (χ0n) is 9.52. The molecule has 0 amide bonds. The van der Waals surface area contributed by atoms with Crippen molar-refractivity contribution in [1.29, 1.82) is 0 Å². The highest BCUT2D eigenvalue weighted by molar-refractivity contribution is 7.09. The Bertz CT molecular complexity index is 481. The zero-order chi connectivity index (χ0) is 11.5. The second-order valence-corrected chi connectivity index (χ2v) is 5.20. The summed E-state index contributed by atoms with van der Waals surface area (Å²) in [4.78, 5) is 4.27. The van der Waals surface area contributed by atoms with Crippen LogP contribution in [0.25, 0.3) is 0 Å². The molecule has 0 spiro atoms. The maximum atomic E-state index is 4.27. The van der Waals surface area contributed by atoms with E-state index in [9.17, 15) is 0 Å². The quantitative estimate of drug-likeness (QED) is 0.868. The van der Waals surface area contributed by atoms with E-state index in [1.54, 1.807) is 11.3 Å². The summed E-state index contributed by atoms with van der Waals surface area (Å²) < 4.78 is 0. The Kier molecular flexibility index (Phi) is 3.07. The third-order valence-corrected chi connectivity index (χ3v) is 3.87. The molecule has 2 heterocycles. The van der Waals surface area contributed by atoms with Crippen molar-refractivity contribution in [1.82, 2.24) is 10.3 Å². The summed E-state index contributed by atoms with van der Waals surface area (Å²) >= 11 is 1.70. The molecule has 1 aliphatic rings. The van der Waals surface area contributed by atoms with Crippen LogP contribution in [-0.4, -0.2) is 18.1 Å². The summed E-state index contributed by atoms with van der Waals surface area (Å²) in [5, 5.41) is 10.1. The van der Waals surface area contributed by atoms with Crippen LogP contribution < -0.4 is 10.6 Å². The number of hydrogen-bond donors (Lipinski definition) is 2. The molecule has 0 radical (unpaired) electrons. The fourth-order valence-corrected chi connectivity index (χ4v) is 2.82. The minimum atomic E-state index is 0.575. The summed E-state index contributed by atoms with van der Waals surface area (Å²) in [6.07, 6.45) is 1.86. The summed E-state index contributed by atoms with van der Waals surface area (Å²) in [6, 6.07) is 8.55. The normalized spacial score (nSPS) is 17.8. The second kappa shape index (κ2) is 4.85. The SMILES string of the molecule is c1ccc2c(c1)NCC2CNCc1nccs1. The number of nitrogens with one attached hydrogen (secondary N) is 2. The molecule has 1 aromatic heterocycles. The first kappa shape index (κ1) is 10.7. The number of benzene rings is 1. The van der Waals surface area contributed by atoms with E-state index in [2.05, 4.69) is 39.9 Å². The molecule has 3 nitrogen and oxygen atoms in total. The third-order valence-electron chi connectivity index (χ3n) is 3.09. The number of rotatable bonds is 4. The van der Waals surface area contributed by atoms with Crippen LogP contribution in [-0.2, 0) is 6.54 Å². The Morgan fingerprint density at radius 1 is 1.41 bits per heavy atom. The average molecular weight is 245 g/mol. The molecule has 0 bridgehead atoms. The summed E-state index contributed by atoms with van der Waals surface area (Å²) in [5.41, 5.74) is 2.72. The van der Waals surface area contributed by atoms with Gasteiger partial charge < -0.3 is 10.6 Å². The third kappa shape index (κ3) is 2.33. The van der Waals surface area contributed by atoms with Gasteiger partial charge in [-0.15, -0.1) is 11.3 Å². The molecule has 2 aromatic rings. The van der Waals surface area contributed by atoms with E-state index in [1.165, 1.54) is 11.3 Å². The molecular formula is C13H15N3S. The van der Waals surface area contributed by atoms with Gasteiger partial charge in [-0.3, -0.25) is 0 Å². The Morgan fingerprint density at radius 2 is 2.35 bits per heavy atom. The summed E-state index contributed by atoms with van der Waals surface area (Å²) in [6.45, 7) is 2.91. The van der Waals surface area contributed by atoms with Crippen LogP contribution in [0.4, 0.5) is 5.69 Å². The van der Waals surface area contributed by atoms with Gasteiger partial charge in [-0.05, 0) is 11.6 Å². The lowest BCUT2D eigenvalue weighted by Gasteiger charge is -2.10. The van der Waals surface area contributed by atoms with Gasteiger partial charge in [-0.2, -0.15) is 0 Å². The molecule has 17 heavy (non-hydrogen) atoms. The van der Waals surface area contributed by atoms with Crippen LogP contribution in [0, 0.1) is 0 Å². The molecule has 0 aliphatic carbocycles. The van der Waals surface area contributed by atoms with Crippen molar-refractivity contribution in [2.24, 2.45) is 0 Å². The number of fused-ring (bicyclic) bond motifs is 1. The summed E-state index contributed by atoms with van der Waals surface area (Å²) in [5.74, 6) is 0.575. The highest BCUT2D eigenvalue weighted by Gasteiger charge is 2.20. The maximum Gasteiger partial charge on any atom is 0.106 e. The van der Waals surface area contributed by atoms with Crippen molar-refractivity contribution < 1.29 is 0 Å². The summed E-state index contributed by atoms with van der Waals surface area (Å²) in [7, 11) is 0. The molecule has 2 N–H and O–H groups in total. The van der Waals surface area contributed by atoms with E-state index in [0.717, 1.165) is 24.6 Å². The average Bonchev–Trinajstić information content (AvgIpc) is 2.99. The monoisotopic (exact) mass is 245 g/mol. The number of aromatic nitrogens is 1. The maximum absolute atomic E-state index is 4.27. The van der Waals surface area contributed by atoms with Gasteiger partial charge in [0.2, 0.25) is 0 Å². The Balaban J connectivity index is 1.57. The fraction of sp³-hybridized carbons (Fsp3) is 0.308. The molecule has 1 aromatic carbocycles. The van der Waals surface area contributed by atoms with Crippen LogP contribution in [0.15, 0.2) is 35.8 Å². The highest BCUT2D eigenvalue weighted by atomic mass is 32.1. The number of para-hydroxylation sites is 1. The van der Waals surface area contributed by atoms with E-state index >= 15 is 0 Å². The Labute approximate surface area is 105 Å². The minimum absolute atomic E-state index is 0.575. The van der Waals surface area contributed by atoms with Gasteiger partial charge in [0.05, 0.1) is 0 Å². The van der Waals surface area contributed by atoms with Crippen molar-refractivity contribution in [2.75, 3.05) is 18.4 Å². The fourth-order valence-electron chi connectivity index (χ4n) is 2.23. The first-order valence-corrected chi connectivity index (χ1v) is 6.73. The minimum Gasteiger partial charge on any atom is -0.384 e. The molecule has 0 fully saturated rings. The van der Waals surface area contributed by atoms with Gasteiger partial charge >= 0.3 is 0 Å². The molecule has 4 heteroatoms. The van der Waals surface area contributed by atoms with Crippen molar-refractivity contribution in [2.45, 2.75) is 12.5 Å². The van der Waals surface area contributed by atoms with E-state index < -0.39 is 0 Å². The van der Waals surface area contributed by atoms with Gasteiger partial charge in [0.25, 0.3) is 0 Å². The zero-order valence-corrected chi connectivity index (χ0v) is 10.3.